The van der Waals surface area contributed by atoms with E-state index in [2.05, 4.69) is 38.6 Å². The molecule has 3 aromatic rings. The molecule has 0 unspecified atom stereocenters. The van der Waals surface area contributed by atoms with Gasteiger partial charge in [-0.05, 0) is 29.7 Å². The van der Waals surface area contributed by atoms with Crippen LogP contribution in [0.3, 0.4) is 0 Å². The maximum absolute atomic E-state index is 12.7. The van der Waals surface area contributed by atoms with Crippen LogP contribution < -0.4 is 10.2 Å². The van der Waals surface area contributed by atoms with Crippen molar-refractivity contribution in [3.8, 4) is 0 Å². The van der Waals surface area contributed by atoms with Gasteiger partial charge >= 0.3 is 6.18 Å². The number of hydrogen-bond donors (Lipinski definition) is 1. The number of rotatable bonds is 9. The topological polar surface area (TPSA) is 41.1 Å². The van der Waals surface area contributed by atoms with E-state index in [1.807, 2.05) is 18.2 Å². The Morgan fingerprint density at radius 2 is 1.72 bits per heavy atom. The van der Waals surface area contributed by atoms with Gasteiger partial charge in [-0.25, -0.2) is 0 Å². The van der Waals surface area contributed by atoms with E-state index in [-0.39, 0.29) is 0 Å². The number of nitrogens with one attached hydrogen (secondary N) is 1. The van der Waals surface area contributed by atoms with Gasteiger partial charge in [0.05, 0.1) is 5.56 Å². The quantitative estimate of drug-likeness (QED) is 0.463. The van der Waals surface area contributed by atoms with Gasteiger partial charge in [0, 0.05) is 31.2 Å². The van der Waals surface area contributed by atoms with E-state index in [9.17, 15) is 13.2 Å². The summed E-state index contributed by atoms with van der Waals surface area (Å²) in [4.78, 5) is 6.78. The predicted octanol–water partition coefficient (Wildman–Crippen LogP) is 5.98. The largest absolute Gasteiger partial charge is 0.416 e. The van der Waals surface area contributed by atoms with Gasteiger partial charge in [0.2, 0.25) is 11.1 Å². The molecule has 3 rings (SSSR count). The monoisotopic (exact) mass is 420 g/mol. The molecular weight excluding hydrogens is 397 g/mol. The molecule has 1 N–H and O–H groups in total. The van der Waals surface area contributed by atoms with E-state index in [4.69, 9.17) is 0 Å². The summed E-state index contributed by atoms with van der Waals surface area (Å²) in [6, 6.07) is 15.3. The zero-order valence-electron chi connectivity index (χ0n) is 16.1. The van der Waals surface area contributed by atoms with Crippen LogP contribution in [-0.4, -0.2) is 15.9 Å². The second-order valence-electron chi connectivity index (χ2n) is 6.71. The Hall–Kier alpha value is -2.61. The van der Waals surface area contributed by atoms with Crippen LogP contribution in [0.15, 0.2) is 54.6 Å². The molecule has 0 aliphatic heterocycles. The Morgan fingerprint density at radius 1 is 1.00 bits per heavy atom. The summed E-state index contributed by atoms with van der Waals surface area (Å²) in [5, 5.41) is 3.93. The van der Waals surface area contributed by atoms with Gasteiger partial charge in [0.1, 0.15) is 0 Å². The molecule has 29 heavy (non-hydrogen) atoms. The zero-order chi connectivity index (χ0) is 20.7. The lowest BCUT2D eigenvalue weighted by atomic mass is 10.1. The van der Waals surface area contributed by atoms with Gasteiger partial charge in [-0.15, -0.1) is 0 Å². The van der Waals surface area contributed by atoms with Crippen LogP contribution in [-0.2, 0) is 19.3 Å². The Morgan fingerprint density at radius 3 is 2.38 bits per heavy atom. The van der Waals surface area contributed by atoms with Gasteiger partial charge in [-0.2, -0.15) is 22.5 Å². The maximum Gasteiger partial charge on any atom is 0.416 e. The van der Waals surface area contributed by atoms with Crippen molar-refractivity contribution < 1.29 is 13.2 Å². The van der Waals surface area contributed by atoms with Crippen molar-refractivity contribution in [2.24, 2.45) is 0 Å². The zero-order valence-corrected chi connectivity index (χ0v) is 16.9. The van der Waals surface area contributed by atoms with Crippen LogP contribution in [0.25, 0.3) is 0 Å². The van der Waals surface area contributed by atoms with E-state index < -0.39 is 11.7 Å². The van der Waals surface area contributed by atoms with Crippen molar-refractivity contribution in [2.75, 3.05) is 16.8 Å². The third-order valence-electron chi connectivity index (χ3n) is 4.42. The maximum atomic E-state index is 12.7. The predicted molar refractivity (Wildman–Crippen MR) is 111 cm³/mol. The minimum atomic E-state index is -4.32. The molecule has 0 aliphatic rings. The highest BCUT2D eigenvalue weighted by atomic mass is 32.1. The Labute approximate surface area is 172 Å². The van der Waals surface area contributed by atoms with Gasteiger partial charge in [0.15, 0.2) is 0 Å². The van der Waals surface area contributed by atoms with Crippen LogP contribution in [0.1, 0.15) is 36.5 Å². The molecule has 0 spiro atoms. The van der Waals surface area contributed by atoms with Crippen LogP contribution in [0.2, 0.25) is 0 Å². The summed E-state index contributed by atoms with van der Waals surface area (Å²) >= 11 is 1.32. The van der Waals surface area contributed by atoms with Crippen molar-refractivity contribution in [1.82, 2.24) is 9.36 Å². The highest BCUT2D eigenvalue weighted by Gasteiger charge is 2.29. The van der Waals surface area contributed by atoms with Gasteiger partial charge in [-0.3, -0.25) is 0 Å². The molecule has 0 amide bonds. The summed E-state index contributed by atoms with van der Waals surface area (Å²) in [6.45, 7) is 4.16. The molecular formula is C21H23F3N4S. The van der Waals surface area contributed by atoms with E-state index >= 15 is 0 Å². The summed E-state index contributed by atoms with van der Waals surface area (Å²) in [5.41, 5.74) is 1.29. The minimum Gasteiger partial charge on any atom is -0.349 e. The van der Waals surface area contributed by atoms with Crippen LogP contribution in [0.5, 0.6) is 0 Å². The summed E-state index contributed by atoms with van der Waals surface area (Å²) in [6.07, 6.45) is -2.18. The Bertz CT molecular complexity index is 879. The smallest absolute Gasteiger partial charge is 0.349 e. The van der Waals surface area contributed by atoms with Crippen LogP contribution in [0.4, 0.5) is 24.3 Å². The SMILES string of the molecule is CCCCN(Cc1ccccc1)c1nc(NCc2ccc(C(F)(F)F)cc2)ns1. The fraction of sp³-hybridized carbons (Fsp3) is 0.333. The van der Waals surface area contributed by atoms with Crippen molar-refractivity contribution in [3.05, 3.63) is 71.3 Å². The molecule has 0 saturated carbocycles. The molecule has 1 aromatic heterocycles. The number of alkyl halides is 3. The van der Waals surface area contributed by atoms with Gasteiger partial charge in [0.25, 0.3) is 0 Å². The summed E-state index contributed by atoms with van der Waals surface area (Å²) in [5.74, 6) is 0.486. The Balaban J connectivity index is 1.63. The van der Waals surface area contributed by atoms with Crippen molar-refractivity contribution in [3.63, 3.8) is 0 Å². The minimum absolute atomic E-state index is 0.363. The number of benzene rings is 2. The summed E-state index contributed by atoms with van der Waals surface area (Å²) in [7, 11) is 0. The number of aromatic nitrogens is 2. The van der Waals surface area contributed by atoms with Gasteiger partial charge < -0.3 is 10.2 Å². The van der Waals surface area contributed by atoms with Crippen molar-refractivity contribution in [2.45, 2.75) is 39.0 Å². The van der Waals surface area contributed by atoms with E-state index in [1.54, 1.807) is 0 Å². The average Bonchev–Trinajstić information content (AvgIpc) is 3.19. The second-order valence-corrected chi connectivity index (χ2v) is 7.44. The molecule has 4 nitrogen and oxygen atoms in total. The first-order valence-electron chi connectivity index (χ1n) is 9.48. The lowest BCUT2D eigenvalue weighted by Gasteiger charge is -2.21. The molecule has 0 saturated heterocycles. The van der Waals surface area contributed by atoms with Crippen LogP contribution in [0, 0.1) is 0 Å². The van der Waals surface area contributed by atoms with Crippen LogP contribution >= 0.6 is 11.5 Å². The highest BCUT2D eigenvalue weighted by Crippen LogP contribution is 2.29. The molecule has 0 bridgehead atoms. The average molecular weight is 421 g/mol. The molecule has 0 radical (unpaired) electrons. The highest BCUT2D eigenvalue weighted by molar-refractivity contribution is 7.09. The number of unbranched alkanes of at least 4 members (excludes halogenated alkanes) is 1. The Kier molecular flexibility index (Phi) is 7.09. The van der Waals surface area contributed by atoms with E-state index in [1.165, 1.54) is 29.2 Å². The summed E-state index contributed by atoms with van der Waals surface area (Å²) < 4.78 is 42.3. The second kappa shape index (κ2) is 9.73. The fourth-order valence-corrected chi connectivity index (χ4v) is 3.48. The number of nitrogens with zero attached hydrogens (tertiary/aromatic N) is 3. The van der Waals surface area contributed by atoms with Gasteiger partial charge in [-0.1, -0.05) is 55.8 Å². The fourth-order valence-electron chi connectivity index (χ4n) is 2.80. The standard InChI is InChI=1S/C21H23F3N4S/c1-2-3-13-28(15-17-7-5-4-6-8-17)20-26-19(27-29-20)25-14-16-9-11-18(12-10-16)21(22,23)24/h4-12H,2-3,13-15H2,1H3,(H,25,27). The molecule has 154 valence electrons. The first-order chi connectivity index (χ1) is 14.0. The van der Waals surface area contributed by atoms with Crippen molar-refractivity contribution in [1.29, 1.82) is 0 Å². The first kappa shape index (κ1) is 21.1. The number of halogens is 3. The molecule has 8 heteroatoms. The van der Waals surface area contributed by atoms with E-state index in [0.717, 1.165) is 48.8 Å². The molecule has 0 atom stereocenters. The third kappa shape index (κ3) is 6.19. The molecule has 1 heterocycles. The number of hydrogen-bond acceptors (Lipinski definition) is 5. The lowest BCUT2D eigenvalue weighted by Crippen LogP contribution is -2.23. The molecule has 0 aliphatic carbocycles. The van der Waals surface area contributed by atoms with Crippen molar-refractivity contribution >= 4 is 22.6 Å². The lowest BCUT2D eigenvalue weighted by molar-refractivity contribution is -0.137. The molecule has 0 fully saturated rings. The van der Waals surface area contributed by atoms with E-state index in [0.29, 0.717) is 12.5 Å². The third-order valence-corrected chi connectivity index (χ3v) is 5.19. The normalized spacial score (nSPS) is 11.4. The molecule has 2 aromatic carbocycles. The first-order valence-corrected chi connectivity index (χ1v) is 10.3. The number of anilines is 2.